The first-order chi connectivity index (χ1) is 9.42. The number of halogens is 1. The fraction of sp³-hybridized carbons (Fsp3) is 0.500. The maximum absolute atomic E-state index is 11.8. The summed E-state index contributed by atoms with van der Waals surface area (Å²) in [5, 5.41) is 6.04. The highest BCUT2D eigenvalue weighted by molar-refractivity contribution is 7.90. The molecular weight excluding hydrogens is 312 g/mol. The van der Waals surface area contributed by atoms with Gasteiger partial charge in [-0.25, -0.2) is 8.42 Å². The van der Waals surface area contributed by atoms with Crippen molar-refractivity contribution in [2.45, 2.75) is 26.3 Å². The molecule has 0 atom stereocenters. The summed E-state index contributed by atoms with van der Waals surface area (Å²) in [6, 6.07) is 7.59. The molecule has 120 valence electrons. The van der Waals surface area contributed by atoms with Gasteiger partial charge in [-0.05, 0) is 24.6 Å². The van der Waals surface area contributed by atoms with E-state index in [1.165, 1.54) is 6.26 Å². The highest BCUT2D eigenvalue weighted by atomic mass is 35.5. The molecule has 1 aromatic rings. The summed E-state index contributed by atoms with van der Waals surface area (Å²) >= 11 is 0. The molecule has 0 aromatic heterocycles. The topological polar surface area (TPSA) is 75.3 Å². The Morgan fingerprint density at radius 2 is 1.90 bits per heavy atom. The molecule has 0 saturated heterocycles. The largest absolute Gasteiger partial charge is 0.326 e. The normalized spacial score (nSPS) is 10.8. The molecule has 0 radical (unpaired) electrons. The number of rotatable bonds is 8. The molecule has 2 N–H and O–H groups in total. The lowest BCUT2D eigenvalue weighted by molar-refractivity contribution is -0.116. The number of carbonyl (C=O) groups excluding carboxylic acids is 1. The van der Waals surface area contributed by atoms with Crippen LogP contribution in [-0.4, -0.2) is 32.9 Å². The molecule has 0 aliphatic heterocycles. The van der Waals surface area contributed by atoms with Crippen molar-refractivity contribution in [3.05, 3.63) is 29.8 Å². The lowest BCUT2D eigenvalue weighted by Crippen LogP contribution is -2.17. The summed E-state index contributed by atoms with van der Waals surface area (Å²) in [6.45, 7) is 3.57. The number of hydrogen-bond acceptors (Lipinski definition) is 4. The van der Waals surface area contributed by atoms with Crippen LogP contribution in [0.3, 0.4) is 0 Å². The van der Waals surface area contributed by atoms with Gasteiger partial charge in [-0.1, -0.05) is 25.1 Å². The second-order valence-corrected chi connectivity index (χ2v) is 6.98. The van der Waals surface area contributed by atoms with Crippen LogP contribution < -0.4 is 10.6 Å². The minimum atomic E-state index is -3.00. The summed E-state index contributed by atoms with van der Waals surface area (Å²) in [5.41, 5.74) is 1.80. The van der Waals surface area contributed by atoms with Gasteiger partial charge in [0.15, 0.2) is 0 Å². The Balaban J connectivity index is 0.00000400. The van der Waals surface area contributed by atoms with Crippen LogP contribution >= 0.6 is 12.4 Å². The number of carbonyl (C=O) groups is 1. The van der Waals surface area contributed by atoms with E-state index in [1.807, 2.05) is 31.2 Å². The first kappa shape index (κ1) is 19.9. The van der Waals surface area contributed by atoms with Gasteiger partial charge in [-0.3, -0.25) is 4.79 Å². The fourth-order valence-electron chi connectivity index (χ4n) is 1.76. The van der Waals surface area contributed by atoms with E-state index in [2.05, 4.69) is 10.6 Å². The van der Waals surface area contributed by atoms with E-state index in [0.717, 1.165) is 17.8 Å². The fourth-order valence-corrected chi connectivity index (χ4v) is 2.43. The zero-order valence-corrected chi connectivity index (χ0v) is 14.0. The lowest BCUT2D eigenvalue weighted by atomic mass is 10.1. The Morgan fingerprint density at radius 3 is 2.52 bits per heavy atom. The van der Waals surface area contributed by atoms with E-state index in [9.17, 15) is 13.2 Å². The molecule has 1 rings (SSSR count). The molecule has 1 amide bonds. The van der Waals surface area contributed by atoms with E-state index < -0.39 is 9.84 Å². The van der Waals surface area contributed by atoms with Gasteiger partial charge in [0.25, 0.3) is 0 Å². The van der Waals surface area contributed by atoms with E-state index >= 15 is 0 Å². The second-order valence-electron chi connectivity index (χ2n) is 4.72. The SMILES string of the molecule is CCNCc1ccccc1NC(=O)CCCS(C)(=O)=O.Cl. The maximum Gasteiger partial charge on any atom is 0.224 e. The van der Waals surface area contributed by atoms with Crippen LogP contribution in [0.15, 0.2) is 24.3 Å². The predicted molar refractivity (Wildman–Crippen MR) is 88.6 cm³/mol. The number of benzene rings is 1. The summed E-state index contributed by atoms with van der Waals surface area (Å²) in [6.07, 6.45) is 1.74. The van der Waals surface area contributed by atoms with E-state index in [-0.39, 0.29) is 30.5 Å². The van der Waals surface area contributed by atoms with Gasteiger partial charge in [0, 0.05) is 24.9 Å². The van der Waals surface area contributed by atoms with Crippen molar-refractivity contribution in [3.63, 3.8) is 0 Å². The van der Waals surface area contributed by atoms with Gasteiger partial charge in [-0.2, -0.15) is 0 Å². The Hall–Kier alpha value is -1.11. The Bertz CT molecular complexity index is 547. The first-order valence-corrected chi connectivity index (χ1v) is 8.74. The smallest absolute Gasteiger partial charge is 0.224 e. The quantitative estimate of drug-likeness (QED) is 0.762. The van der Waals surface area contributed by atoms with Gasteiger partial charge < -0.3 is 10.6 Å². The van der Waals surface area contributed by atoms with Gasteiger partial charge in [-0.15, -0.1) is 12.4 Å². The number of amides is 1. The van der Waals surface area contributed by atoms with Gasteiger partial charge in [0.1, 0.15) is 9.84 Å². The maximum atomic E-state index is 11.8. The third kappa shape index (κ3) is 8.70. The average molecular weight is 335 g/mol. The molecule has 0 saturated carbocycles. The standard InChI is InChI=1S/C14H22N2O3S.ClH/c1-3-15-11-12-7-4-5-8-13(12)16-14(17)9-6-10-20(2,18)19;/h4-5,7-8,15H,3,6,9-11H2,1-2H3,(H,16,17);1H. The molecule has 21 heavy (non-hydrogen) atoms. The van der Waals surface area contributed by atoms with Crippen molar-refractivity contribution < 1.29 is 13.2 Å². The zero-order valence-electron chi connectivity index (χ0n) is 12.4. The molecule has 0 fully saturated rings. The van der Waals surface area contributed by atoms with Crippen molar-refractivity contribution in [1.29, 1.82) is 0 Å². The van der Waals surface area contributed by atoms with Crippen LogP contribution in [0.25, 0.3) is 0 Å². The van der Waals surface area contributed by atoms with Crippen LogP contribution in [0.1, 0.15) is 25.3 Å². The minimum Gasteiger partial charge on any atom is -0.326 e. The molecule has 0 aliphatic rings. The molecule has 0 heterocycles. The molecular formula is C14H23ClN2O3S. The zero-order chi connectivity index (χ0) is 15.0. The molecule has 0 aliphatic carbocycles. The first-order valence-electron chi connectivity index (χ1n) is 6.68. The van der Waals surface area contributed by atoms with Gasteiger partial charge in [0.2, 0.25) is 5.91 Å². The van der Waals surface area contributed by atoms with Crippen LogP contribution in [-0.2, 0) is 21.2 Å². The molecule has 0 unspecified atom stereocenters. The molecule has 7 heteroatoms. The van der Waals surface area contributed by atoms with Crippen LogP contribution in [0.4, 0.5) is 5.69 Å². The molecule has 1 aromatic carbocycles. The van der Waals surface area contributed by atoms with E-state index in [4.69, 9.17) is 0 Å². The van der Waals surface area contributed by atoms with Crippen molar-refractivity contribution in [1.82, 2.24) is 5.32 Å². The van der Waals surface area contributed by atoms with Crippen molar-refractivity contribution in [3.8, 4) is 0 Å². The Kier molecular flexibility index (Phi) is 9.24. The minimum absolute atomic E-state index is 0. The summed E-state index contributed by atoms with van der Waals surface area (Å²) in [5.74, 6) is -0.114. The van der Waals surface area contributed by atoms with Crippen molar-refractivity contribution in [2.75, 3.05) is 23.9 Å². The van der Waals surface area contributed by atoms with Gasteiger partial charge >= 0.3 is 0 Å². The number of sulfone groups is 1. The Labute approximate surface area is 132 Å². The summed E-state index contributed by atoms with van der Waals surface area (Å²) in [7, 11) is -3.00. The Morgan fingerprint density at radius 1 is 1.24 bits per heavy atom. The van der Waals surface area contributed by atoms with Crippen LogP contribution in [0.5, 0.6) is 0 Å². The monoisotopic (exact) mass is 334 g/mol. The highest BCUT2D eigenvalue weighted by Gasteiger charge is 2.08. The van der Waals surface area contributed by atoms with Crippen LogP contribution in [0, 0.1) is 0 Å². The molecule has 5 nitrogen and oxygen atoms in total. The number of hydrogen-bond donors (Lipinski definition) is 2. The predicted octanol–water partition coefficient (Wildman–Crippen LogP) is 1.98. The third-order valence-electron chi connectivity index (χ3n) is 2.78. The second kappa shape index (κ2) is 9.76. The van der Waals surface area contributed by atoms with Crippen molar-refractivity contribution in [2.24, 2.45) is 0 Å². The summed E-state index contributed by atoms with van der Waals surface area (Å²) < 4.78 is 22.0. The van der Waals surface area contributed by atoms with E-state index in [0.29, 0.717) is 13.0 Å². The van der Waals surface area contributed by atoms with Gasteiger partial charge in [0.05, 0.1) is 5.75 Å². The number of nitrogens with one attached hydrogen (secondary N) is 2. The third-order valence-corrected chi connectivity index (χ3v) is 3.81. The summed E-state index contributed by atoms with van der Waals surface area (Å²) in [4.78, 5) is 11.8. The highest BCUT2D eigenvalue weighted by Crippen LogP contribution is 2.15. The molecule has 0 bridgehead atoms. The lowest BCUT2D eigenvalue weighted by Gasteiger charge is -2.11. The molecule has 0 spiro atoms. The van der Waals surface area contributed by atoms with E-state index in [1.54, 1.807) is 0 Å². The van der Waals surface area contributed by atoms with Crippen LogP contribution in [0.2, 0.25) is 0 Å². The average Bonchev–Trinajstić information content (AvgIpc) is 2.36. The number of anilines is 1. The number of para-hydroxylation sites is 1. The van der Waals surface area contributed by atoms with Crippen molar-refractivity contribution >= 4 is 33.8 Å².